The molecule has 140 valence electrons. The Kier molecular flexibility index (Phi) is 3.98. The lowest BCUT2D eigenvalue weighted by atomic mass is 9.77. The summed E-state index contributed by atoms with van der Waals surface area (Å²) in [6.07, 6.45) is 2.07. The number of hydrogen-bond donors (Lipinski definition) is 1. The van der Waals surface area contributed by atoms with E-state index in [-0.39, 0.29) is 17.6 Å². The lowest BCUT2D eigenvalue weighted by molar-refractivity contribution is -0.124. The van der Waals surface area contributed by atoms with E-state index in [1.807, 2.05) is 6.92 Å². The highest BCUT2D eigenvalue weighted by Gasteiger charge is 2.55. The van der Waals surface area contributed by atoms with E-state index in [9.17, 15) is 14.0 Å². The van der Waals surface area contributed by atoms with Gasteiger partial charge in [-0.15, -0.1) is 0 Å². The number of ether oxygens (including phenoxy) is 2. The number of benzene rings is 1. The Balaban J connectivity index is 1.64. The van der Waals surface area contributed by atoms with E-state index in [1.54, 1.807) is 18.2 Å². The fraction of sp³-hybridized carbons (Fsp3) is 0.316. The van der Waals surface area contributed by atoms with Crippen molar-refractivity contribution in [1.82, 2.24) is 10.3 Å². The number of hydrogen-bond acceptors (Lipinski definition) is 5. The van der Waals surface area contributed by atoms with Crippen LogP contribution in [0.5, 0.6) is 17.4 Å². The number of imide groups is 1. The molecular formula is C19H18FN3O4. The lowest BCUT2D eigenvalue weighted by Gasteiger charge is -2.34. The molecule has 0 atom stereocenters. The maximum absolute atomic E-state index is 14.2. The number of pyridine rings is 1. The van der Waals surface area contributed by atoms with Gasteiger partial charge in [-0.25, -0.2) is 14.1 Å². The van der Waals surface area contributed by atoms with Crippen LogP contribution in [0.25, 0.3) is 0 Å². The van der Waals surface area contributed by atoms with Gasteiger partial charge in [0.05, 0.1) is 7.11 Å². The molecule has 2 aliphatic rings. The first-order chi connectivity index (χ1) is 12.9. The second-order valence-corrected chi connectivity index (χ2v) is 6.70. The number of amides is 3. The van der Waals surface area contributed by atoms with Gasteiger partial charge in [0, 0.05) is 6.07 Å². The number of nitrogens with one attached hydrogen (secondary N) is 1. The topological polar surface area (TPSA) is 80.8 Å². The van der Waals surface area contributed by atoms with Crippen LogP contribution in [0.3, 0.4) is 0 Å². The summed E-state index contributed by atoms with van der Waals surface area (Å²) in [5.74, 6) is -0.450. The van der Waals surface area contributed by atoms with E-state index in [4.69, 9.17) is 9.47 Å². The van der Waals surface area contributed by atoms with Crippen LogP contribution in [-0.4, -0.2) is 29.6 Å². The Morgan fingerprint density at radius 3 is 2.63 bits per heavy atom. The second kappa shape index (κ2) is 6.22. The van der Waals surface area contributed by atoms with Crippen molar-refractivity contribution >= 4 is 17.8 Å². The summed E-state index contributed by atoms with van der Waals surface area (Å²) in [7, 11) is 1.53. The third-order valence-electron chi connectivity index (χ3n) is 4.99. The summed E-state index contributed by atoms with van der Waals surface area (Å²) in [5, 5.41) is 2.72. The fourth-order valence-corrected chi connectivity index (χ4v) is 3.28. The van der Waals surface area contributed by atoms with Gasteiger partial charge in [-0.2, -0.15) is 4.98 Å². The van der Waals surface area contributed by atoms with Crippen molar-refractivity contribution in [3.05, 3.63) is 41.7 Å². The molecule has 1 saturated carbocycles. The average Bonchev–Trinajstić information content (AvgIpc) is 2.89. The number of halogens is 1. The number of urea groups is 1. The molecular weight excluding hydrogens is 353 g/mol. The van der Waals surface area contributed by atoms with Crippen LogP contribution in [0.15, 0.2) is 30.3 Å². The number of nitrogens with zero attached hydrogens (tertiary/aromatic N) is 2. The zero-order valence-electron chi connectivity index (χ0n) is 14.9. The Hall–Kier alpha value is -3.16. The number of carbonyl (C=O) groups excluding carboxylic acids is 2. The third kappa shape index (κ3) is 2.77. The first-order valence-electron chi connectivity index (χ1n) is 8.59. The highest BCUT2D eigenvalue weighted by atomic mass is 19.1. The molecule has 0 bridgehead atoms. The van der Waals surface area contributed by atoms with Crippen LogP contribution < -0.4 is 19.7 Å². The molecule has 27 heavy (non-hydrogen) atoms. The Labute approximate surface area is 155 Å². The van der Waals surface area contributed by atoms with Crippen LogP contribution in [0.1, 0.15) is 24.8 Å². The van der Waals surface area contributed by atoms with Gasteiger partial charge < -0.3 is 14.8 Å². The summed E-state index contributed by atoms with van der Waals surface area (Å²) >= 11 is 0. The van der Waals surface area contributed by atoms with Crippen LogP contribution in [-0.2, 0) is 4.79 Å². The first kappa shape index (κ1) is 17.3. The molecule has 1 spiro atoms. The van der Waals surface area contributed by atoms with Crippen LogP contribution in [0, 0.1) is 12.7 Å². The number of rotatable bonds is 4. The van der Waals surface area contributed by atoms with Crippen molar-refractivity contribution in [3.8, 4) is 17.4 Å². The molecule has 2 aromatic rings. The van der Waals surface area contributed by atoms with E-state index in [0.717, 1.165) is 23.0 Å². The van der Waals surface area contributed by atoms with Gasteiger partial charge in [-0.05, 0) is 49.9 Å². The van der Waals surface area contributed by atoms with Gasteiger partial charge in [0.25, 0.3) is 11.8 Å². The minimum absolute atomic E-state index is 0.0248. The molecule has 2 heterocycles. The maximum atomic E-state index is 14.2. The minimum atomic E-state index is -0.835. The minimum Gasteiger partial charge on any atom is -0.496 e. The lowest BCUT2D eigenvalue weighted by Crippen LogP contribution is -2.52. The molecule has 7 nitrogen and oxygen atoms in total. The normalized spacial score (nSPS) is 17.7. The van der Waals surface area contributed by atoms with Gasteiger partial charge in [0.2, 0.25) is 0 Å². The van der Waals surface area contributed by atoms with Gasteiger partial charge in [0.15, 0.2) is 5.82 Å². The Morgan fingerprint density at radius 1 is 1.22 bits per heavy atom. The molecule has 1 aliphatic heterocycles. The van der Waals surface area contributed by atoms with Gasteiger partial charge in [-0.3, -0.25) is 4.79 Å². The summed E-state index contributed by atoms with van der Waals surface area (Å²) in [6.45, 7) is 1.87. The molecule has 1 aliphatic carbocycles. The summed E-state index contributed by atoms with van der Waals surface area (Å²) in [6, 6.07) is 6.89. The zero-order valence-corrected chi connectivity index (χ0v) is 14.9. The highest BCUT2D eigenvalue weighted by Crippen LogP contribution is 2.39. The smallest absolute Gasteiger partial charge is 0.330 e. The third-order valence-corrected chi connectivity index (χ3v) is 4.99. The predicted molar refractivity (Wildman–Crippen MR) is 94.6 cm³/mol. The molecule has 1 saturated heterocycles. The van der Waals surface area contributed by atoms with Crippen molar-refractivity contribution in [2.75, 3.05) is 12.0 Å². The average molecular weight is 371 g/mol. The second-order valence-electron chi connectivity index (χ2n) is 6.70. The predicted octanol–water partition coefficient (Wildman–Crippen LogP) is 3.31. The summed E-state index contributed by atoms with van der Waals surface area (Å²) in [5.41, 5.74) is 0.0653. The number of aromatic nitrogens is 1. The summed E-state index contributed by atoms with van der Waals surface area (Å²) in [4.78, 5) is 29.9. The molecule has 1 aromatic carbocycles. The number of carbonyl (C=O) groups is 2. The number of anilines is 1. The quantitative estimate of drug-likeness (QED) is 0.834. The van der Waals surface area contributed by atoms with Crippen LogP contribution in [0.2, 0.25) is 0 Å². The molecule has 3 amide bonds. The van der Waals surface area contributed by atoms with Gasteiger partial charge in [-0.1, -0.05) is 6.07 Å². The van der Waals surface area contributed by atoms with E-state index in [1.165, 1.54) is 13.2 Å². The monoisotopic (exact) mass is 371 g/mol. The molecule has 1 aromatic heterocycles. The SMILES string of the molecule is COc1cc(Oc2nc(N3C(=O)NC4(CCC4)C3=O)ccc2F)ccc1C. The van der Waals surface area contributed by atoms with Crippen molar-refractivity contribution in [1.29, 1.82) is 0 Å². The Morgan fingerprint density at radius 2 is 2.00 bits per heavy atom. The highest BCUT2D eigenvalue weighted by molar-refractivity contribution is 6.23. The largest absolute Gasteiger partial charge is 0.496 e. The van der Waals surface area contributed by atoms with Crippen molar-refractivity contribution in [3.63, 3.8) is 0 Å². The van der Waals surface area contributed by atoms with E-state index in [0.29, 0.717) is 24.3 Å². The van der Waals surface area contributed by atoms with Gasteiger partial charge >= 0.3 is 6.03 Å². The molecule has 0 unspecified atom stereocenters. The van der Waals surface area contributed by atoms with Crippen molar-refractivity contribution < 1.29 is 23.5 Å². The maximum Gasteiger partial charge on any atom is 0.330 e. The molecule has 2 fully saturated rings. The number of aryl methyl sites for hydroxylation is 1. The summed E-state index contributed by atoms with van der Waals surface area (Å²) < 4.78 is 25.0. The fourth-order valence-electron chi connectivity index (χ4n) is 3.28. The van der Waals surface area contributed by atoms with Crippen LogP contribution >= 0.6 is 0 Å². The Bertz CT molecular complexity index is 943. The van der Waals surface area contributed by atoms with Gasteiger partial charge in [0.1, 0.15) is 22.9 Å². The standard InChI is InChI=1S/C19H18FN3O4/c1-11-4-5-12(10-14(11)26-2)27-16-13(20)6-7-15(21-16)23-17(24)19(8-3-9-19)22-18(23)25/h4-7,10H,3,8-9H2,1-2H3,(H,22,25). The molecule has 8 heteroatoms. The number of methoxy groups -OCH3 is 1. The molecule has 0 radical (unpaired) electrons. The van der Waals surface area contributed by atoms with E-state index >= 15 is 0 Å². The van der Waals surface area contributed by atoms with E-state index in [2.05, 4.69) is 10.3 Å². The van der Waals surface area contributed by atoms with Crippen LogP contribution in [0.4, 0.5) is 15.0 Å². The van der Waals surface area contributed by atoms with Crippen molar-refractivity contribution in [2.45, 2.75) is 31.7 Å². The van der Waals surface area contributed by atoms with Crippen molar-refractivity contribution in [2.24, 2.45) is 0 Å². The molecule has 4 rings (SSSR count). The first-order valence-corrected chi connectivity index (χ1v) is 8.59. The van der Waals surface area contributed by atoms with E-state index < -0.39 is 17.4 Å². The zero-order chi connectivity index (χ0) is 19.2. The molecule has 1 N–H and O–H groups in total.